The number of nitrogens with zero attached hydrogens (tertiary/aromatic N) is 4. The van der Waals surface area contributed by atoms with Crippen molar-refractivity contribution in [2.45, 2.75) is 248 Å². The number of allylic oxidation sites excluding steroid dienone is 2. The van der Waals surface area contributed by atoms with Gasteiger partial charge in [-0.05, 0) is 318 Å². The third-order valence-electron chi connectivity index (χ3n) is 28.0. The highest BCUT2D eigenvalue weighted by Crippen LogP contribution is 2.69. The lowest BCUT2D eigenvalue weighted by Gasteiger charge is -2.58. The summed E-state index contributed by atoms with van der Waals surface area (Å²) in [5.41, 5.74) is 8.50. The molecule has 16 atom stereocenters. The van der Waals surface area contributed by atoms with E-state index in [4.69, 9.17) is 18.9 Å². The molecule has 102 heavy (non-hydrogen) atoms. The lowest BCUT2D eigenvalue weighted by molar-refractivity contribution is -0.0594. The zero-order valence-electron chi connectivity index (χ0n) is 64.3. The molecule has 0 radical (unpaired) electrons. The maximum atomic E-state index is 13.5. The Morgan fingerprint density at radius 2 is 0.794 bits per heavy atom. The molecular weight excluding hydrogens is 1260 g/mol. The molecule has 6 fully saturated rings. The summed E-state index contributed by atoms with van der Waals surface area (Å²) >= 11 is 0. The molecule has 12 nitrogen and oxygen atoms in total. The van der Waals surface area contributed by atoms with Crippen molar-refractivity contribution in [3.63, 3.8) is 0 Å². The highest BCUT2D eigenvalue weighted by atomic mass is 16.5. The van der Waals surface area contributed by atoms with Crippen molar-refractivity contribution < 1.29 is 28.5 Å². The summed E-state index contributed by atoms with van der Waals surface area (Å²) in [5, 5.41) is 24.9. The Morgan fingerprint density at radius 3 is 1.17 bits per heavy atom. The number of hydrogen-bond acceptors (Lipinski definition) is 12. The molecule has 0 spiro atoms. The molecule has 0 bridgehead atoms. The summed E-state index contributed by atoms with van der Waals surface area (Å²) in [4.78, 5) is 27.0. The first-order chi connectivity index (χ1) is 49.3. The molecule has 8 aliphatic carbocycles. The molecule has 0 saturated heterocycles. The molecule has 8 aliphatic rings. The van der Waals surface area contributed by atoms with Gasteiger partial charge in [0.05, 0.1) is 47.1 Å². The van der Waals surface area contributed by atoms with Crippen molar-refractivity contribution >= 4 is 34.7 Å². The number of azo groups is 2. The summed E-state index contributed by atoms with van der Waals surface area (Å²) in [6.07, 6.45) is 36.7. The van der Waals surface area contributed by atoms with Crippen molar-refractivity contribution in [2.24, 2.45) is 113 Å². The van der Waals surface area contributed by atoms with E-state index in [1.807, 2.05) is 97.1 Å². The number of unbranched alkanes of at least 4 members (excludes halogenated alkanes) is 2. The molecule has 0 unspecified atom stereocenters. The number of carbonyl (C=O) groups is 2. The molecule has 4 aromatic rings. The van der Waals surface area contributed by atoms with Crippen LogP contribution in [-0.2, 0) is 9.47 Å². The molecule has 6 saturated carbocycles. The van der Waals surface area contributed by atoms with Gasteiger partial charge < -0.3 is 29.6 Å². The predicted molar refractivity (Wildman–Crippen MR) is 414 cm³/mol. The normalized spacial score (nSPS) is 30.9. The second-order valence-corrected chi connectivity index (χ2v) is 35.2. The van der Waals surface area contributed by atoms with Gasteiger partial charge in [-0.25, -0.2) is 9.59 Å². The average Bonchev–Trinajstić information content (AvgIpc) is 1.40. The van der Waals surface area contributed by atoms with Gasteiger partial charge in [0.25, 0.3) is 0 Å². The van der Waals surface area contributed by atoms with Crippen LogP contribution in [0.1, 0.15) is 257 Å². The van der Waals surface area contributed by atoms with Crippen LogP contribution in [0.15, 0.2) is 141 Å². The van der Waals surface area contributed by atoms with Crippen LogP contribution in [0.3, 0.4) is 0 Å². The van der Waals surface area contributed by atoms with Crippen LogP contribution in [-0.4, -0.2) is 63.5 Å². The molecule has 12 rings (SSSR count). The predicted octanol–water partition coefficient (Wildman–Crippen LogP) is 23.8. The Balaban J connectivity index is 0.467. The van der Waals surface area contributed by atoms with E-state index in [9.17, 15) is 9.59 Å². The van der Waals surface area contributed by atoms with E-state index in [1.54, 1.807) is 11.1 Å². The van der Waals surface area contributed by atoms with E-state index >= 15 is 0 Å². The number of ether oxygens (including phenoxy) is 4. The van der Waals surface area contributed by atoms with Gasteiger partial charge in [-0.2, -0.15) is 20.5 Å². The fourth-order valence-corrected chi connectivity index (χ4v) is 22.2. The topological polar surface area (TPSA) is 145 Å². The minimum absolute atomic E-state index is 0.0748. The van der Waals surface area contributed by atoms with Crippen molar-refractivity contribution in [1.82, 2.24) is 10.6 Å². The van der Waals surface area contributed by atoms with Gasteiger partial charge in [0.15, 0.2) is 0 Å². The van der Waals surface area contributed by atoms with Gasteiger partial charge in [-0.3, -0.25) is 0 Å². The maximum absolute atomic E-state index is 13.5. The third kappa shape index (κ3) is 17.9. The van der Waals surface area contributed by atoms with E-state index in [2.05, 4.69) is 112 Å². The summed E-state index contributed by atoms with van der Waals surface area (Å²) in [6.45, 7) is 30.1. The molecule has 0 aliphatic heterocycles. The van der Waals surface area contributed by atoms with E-state index < -0.39 is 0 Å². The quantitative estimate of drug-likeness (QED) is 0.0208. The minimum atomic E-state index is -0.251. The number of nitrogens with one attached hydrogen (secondary N) is 2. The van der Waals surface area contributed by atoms with Gasteiger partial charge in [0.1, 0.15) is 23.7 Å². The first-order valence-electron chi connectivity index (χ1n) is 41.0. The molecular formula is C90H128N6O6. The number of fused-ring (bicyclic) bond motifs is 10. The first kappa shape index (κ1) is 75.7. The van der Waals surface area contributed by atoms with Gasteiger partial charge >= 0.3 is 11.9 Å². The molecule has 0 amide bonds. The summed E-state index contributed by atoms with van der Waals surface area (Å²) < 4.78 is 24.5. The molecule has 4 aromatic carbocycles. The second-order valence-electron chi connectivity index (χ2n) is 35.2. The monoisotopic (exact) mass is 1390 g/mol. The van der Waals surface area contributed by atoms with Crippen molar-refractivity contribution in [3.8, 4) is 11.5 Å². The zero-order valence-corrected chi connectivity index (χ0v) is 64.3. The van der Waals surface area contributed by atoms with E-state index in [-0.39, 0.29) is 35.0 Å². The average molecular weight is 1390 g/mol. The largest absolute Gasteiger partial charge is 0.494 e. The van der Waals surface area contributed by atoms with Crippen molar-refractivity contribution in [3.05, 3.63) is 131 Å². The van der Waals surface area contributed by atoms with Crippen molar-refractivity contribution in [1.29, 1.82) is 0 Å². The van der Waals surface area contributed by atoms with Crippen LogP contribution in [0.4, 0.5) is 22.7 Å². The Morgan fingerprint density at radius 1 is 0.422 bits per heavy atom. The highest BCUT2D eigenvalue weighted by molar-refractivity contribution is 5.90. The van der Waals surface area contributed by atoms with Crippen LogP contribution in [0.5, 0.6) is 11.5 Å². The van der Waals surface area contributed by atoms with E-state index in [1.165, 1.54) is 103 Å². The van der Waals surface area contributed by atoms with Crippen LogP contribution in [0.25, 0.3) is 0 Å². The lowest BCUT2D eigenvalue weighted by Crippen LogP contribution is -2.51. The molecule has 554 valence electrons. The van der Waals surface area contributed by atoms with Gasteiger partial charge in [0, 0.05) is 25.9 Å². The second kappa shape index (κ2) is 34.5. The first-order valence-corrected chi connectivity index (χ1v) is 41.0. The van der Waals surface area contributed by atoms with Crippen molar-refractivity contribution in [2.75, 3.05) is 39.4 Å². The highest BCUT2D eigenvalue weighted by Gasteiger charge is 2.61. The minimum Gasteiger partial charge on any atom is -0.494 e. The SMILES string of the molecule is CC(C)CCC[C@@H](C)[C@H]1CC[C@H]2[C@@H]3CC=C4C[C@@H](OC(=O)c5ccc(N=Nc6ccc(OCCCCNCCNCCCCOc7ccc(N=Nc8ccc(C(=O)O[C@H]9CC[C@@]%10(C)C(=CC[C@H]%11[C@@H]%12CC[C@H]([C@H](C)CCCC(C)C)[C@@]%12(C)CC[C@@H]%11%10)C9)cc8)cc7)cc6)cc5)CC[C@]4(C)[C@H]3CC[C@]12C. The Kier molecular flexibility index (Phi) is 25.6. The van der Waals surface area contributed by atoms with E-state index in [0.717, 1.165) is 184 Å². The summed E-state index contributed by atoms with van der Waals surface area (Å²) in [6, 6.07) is 30.0. The van der Waals surface area contributed by atoms with Crippen LogP contribution < -0.4 is 20.1 Å². The van der Waals surface area contributed by atoms with Gasteiger partial charge in [0.2, 0.25) is 0 Å². The molecule has 0 heterocycles. The number of rotatable bonds is 33. The molecule has 12 heteroatoms. The maximum Gasteiger partial charge on any atom is 0.338 e. The van der Waals surface area contributed by atoms with E-state index in [0.29, 0.717) is 46.5 Å². The fraction of sp³-hybridized carbons (Fsp3) is 0.667. The standard InChI is InChI=1S/C90H128N6O6/c1-61(2)17-15-19-63(5)79-41-43-81-77-39-25-67-59-75(45-49-87(67,7)83(77)47-51-89(79,81)9)101-85(97)65-21-27-69(28-22-65)93-95-71-31-35-73(36-32-71)99-57-13-11-53-91-55-56-92-54-12-14-58-100-74-37-33-72(34-38-74)96-94-70-29-23-66(24-30-70)86(98)102-76-46-50-88(8)68(60-76)26-40-78-82-44-42-80(64(6)20-16-18-62(3)4)90(82,10)52-48-84(78)88/h21-38,61-64,75-84,91-92H,11-20,39-60H2,1-10H3/t63-,64-,75+,76+,77+,78+,79-,80-,81+,82+,83+,84+,87+,88+,89-,90-/m1/s1. The number of hydrogen-bond donors (Lipinski definition) is 2. The third-order valence-corrected chi connectivity index (χ3v) is 28.0. The smallest absolute Gasteiger partial charge is 0.338 e. The Labute approximate surface area is 614 Å². The van der Waals surface area contributed by atoms with Crippen LogP contribution >= 0.6 is 0 Å². The lowest BCUT2D eigenvalue weighted by atomic mass is 9.47. The number of carbonyl (C=O) groups excluding carboxylic acids is 2. The van der Waals surface area contributed by atoms with Crippen LogP contribution in [0.2, 0.25) is 0 Å². The fourth-order valence-electron chi connectivity index (χ4n) is 22.2. The molecule has 2 N–H and O–H groups in total. The zero-order chi connectivity index (χ0) is 71.4. The summed E-state index contributed by atoms with van der Waals surface area (Å²) in [7, 11) is 0. The van der Waals surface area contributed by atoms with Gasteiger partial charge in [-0.1, -0.05) is 131 Å². The summed E-state index contributed by atoms with van der Waals surface area (Å²) in [5.74, 6) is 11.0. The Hall–Kier alpha value is -5.98. The van der Waals surface area contributed by atoms with Gasteiger partial charge in [-0.15, -0.1) is 0 Å². The molecule has 0 aromatic heterocycles. The van der Waals surface area contributed by atoms with Crippen LogP contribution in [0, 0.1) is 92.7 Å². The number of esters is 2. The Bertz CT molecular complexity index is 3260. The number of benzene rings is 4.